The Labute approximate surface area is 133 Å². The average molecular weight is 315 g/mol. The van der Waals surface area contributed by atoms with Crippen molar-refractivity contribution in [1.29, 1.82) is 0 Å². The van der Waals surface area contributed by atoms with Gasteiger partial charge in [0.2, 0.25) is 0 Å². The minimum absolute atomic E-state index is 0.402. The van der Waals surface area contributed by atoms with Crippen molar-refractivity contribution in [3.8, 4) is 0 Å². The number of hydrogen-bond acceptors (Lipinski definition) is 7. The van der Waals surface area contributed by atoms with E-state index in [0.717, 1.165) is 0 Å². The molecule has 120 valence electrons. The number of esters is 2. The van der Waals surface area contributed by atoms with Gasteiger partial charge in [0, 0.05) is 25.5 Å². The second-order valence-corrected chi connectivity index (χ2v) is 4.66. The first-order valence-electron chi connectivity index (χ1n) is 6.91. The van der Waals surface area contributed by atoms with Gasteiger partial charge in [-0.3, -0.25) is 9.97 Å². The predicted molar refractivity (Wildman–Crippen MR) is 81.7 cm³/mol. The predicted octanol–water partition coefficient (Wildman–Crippen LogP) is 1.34. The number of nitrogens with one attached hydrogen (secondary N) is 1. The molecule has 0 radical (unpaired) electrons. The normalized spacial score (nSPS) is 10.2. The summed E-state index contributed by atoms with van der Waals surface area (Å²) in [7, 11) is 2.67. The van der Waals surface area contributed by atoms with Crippen LogP contribution >= 0.6 is 0 Å². The Morgan fingerprint density at radius 2 is 1.35 bits per heavy atom. The van der Waals surface area contributed by atoms with E-state index in [0.29, 0.717) is 35.6 Å². The first-order chi connectivity index (χ1) is 11.1. The Morgan fingerprint density at radius 1 is 0.913 bits per heavy atom. The Kier molecular flexibility index (Phi) is 5.76. The molecule has 0 spiro atoms. The van der Waals surface area contributed by atoms with Crippen molar-refractivity contribution < 1.29 is 19.1 Å². The van der Waals surface area contributed by atoms with Crippen LogP contribution in [0.25, 0.3) is 0 Å². The lowest BCUT2D eigenvalue weighted by Gasteiger charge is -2.06. The monoisotopic (exact) mass is 315 g/mol. The van der Waals surface area contributed by atoms with E-state index in [-0.39, 0.29) is 0 Å². The fourth-order valence-corrected chi connectivity index (χ4v) is 1.96. The zero-order valence-corrected chi connectivity index (χ0v) is 12.9. The van der Waals surface area contributed by atoms with Crippen molar-refractivity contribution in [1.82, 2.24) is 15.3 Å². The van der Waals surface area contributed by atoms with E-state index in [2.05, 4.69) is 24.8 Å². The highest BCUT2D eigenvalue weighted by Gasteiger charge is 2.08. The zero-order chi connectivity index (χ0) is 16.7. The molecule has 0 saturated heterocycles. The number of carbonyl (C=O) groups is 2. The Balaban J connectivity index is 1.95. The lowest BCUT2D eigenvalue weighted by atomic mass is 10.2. The largest absolute Gasteiger partial charge is 0.465 e. The third-order valence-corrected chi connectivity index (χ3v) is 3.09. The number of rotatable bonds is 6. The van der Waals surface area contributed by atoms with Crippen LogP contribution in [0.2, 0.25) is 0 Å². The molecule has 2 aromatic heterocycles. The van der Waals surface area contributed by atoms with Crippen molar-refractivity contribution in [2.24, 2.45) is 0 Å². The molecule has 0 aliphatic rings. The molecule has 0 unspecified atom stereocenters. The molecule has 2 heterocycles. The zero-order valence-electron chi connectivity index (χ0n) is 12.9. The molecule has 0 aromatic carbocycles. The number of aromatic nitrogens is 2. The lowest BCUT2D eigenvalue weighted by molar-refractivity contribution is 0.0591. The van der Waals surface area contributed by atoms with Crippen LogP contribution in [0.1, 0.15) is 32.1 Å². The molecule has 0 aliphatic carbocycles. The van der Waals surface area contributed by atoms with Crippen LogP contribution < -0.4 is 5.32 Å². The minimum atomic E-state index is -0.402. The van der Waals surface area contributed by atoms with Gasteiger partial charge in [0.05, 0.1) is 36.7 Å². The lowest BCUT2D eigenvalue weighted by Crippen LogP contribution is -2.16. The SMILES string of the molecule is COC(=O)c1ccnc(CNCc2cc(C(=O)OC)ccn2)c1. The topological polar surface area (TPSA) is 90.4 Å². The third-order valence-electron chi connectivity index (χ3n) is 3.09. The maximum absolute atomic E-state index is 11.5. The molecule has 0 atom stereocenters. The van der Waals surface area contributed by atoms with Gasteiger partial charge in [-0.1, -0.05) is 0 Å². The fraction of sp³-hybridized carbons (Fsp3) is 0.250. The van der Waals surface area contributed by atoms with Gasteiger partial charge in [-0.2, -0.15) is 0 Å². The van der Waals surface area contributed by atoms with E-state index < -0.39 is 11.9 Å². The summed E-state index contributed by atoms with van der Waals surface area (Å²) in [6, 6.07) is 6.52. The average Bonchev–Trinajstić information content (AvgIpc) is 2.61. The molecule has 0 saturated carbocycles. The van der Waals surface area contributed by atoms with E-state index in [1.54, 1.807) is 36.7 Å². The van der Waals surface area contributed by atoms with Gasteiger partial charge >= 0.3 is 11.9 Å². The Hall–Kier alpha value is -2.80. The van der Waals surface area contributed by atoms with Crippen molar-refractivity contribution in [3.63, 3.8) is 0 Å². The molecule has 0 amide bonds. The molecule has 0 fully saturated rings. The van der Waals surface area contributed by atoms with Crippen LogP contribution in [0.3, 0.4) is 0 Å². The van der Waals surface area contributed by atoms with Crippen LogP contribution in [0, 0.1) is 0 Å². The first kappa shape index (κ1) is 16.6. The summed E-state index contributed by atoms with van der Waals surface area (Å²) in [6.07, 6.45) is 3.11. The molecule has 1 N–H and O–H groups in total. The maximum atomic E-state index is 11.5. The third kappa shape index (κ3) is 4.58. The van der Waals surface area contributed by atoms with Crippen LogP contribution in [0.4, 0.5) is 0 Å². The van der Waals surface area contributed by atoms with Gasteiger partial charge in [-0.05, 0) is 24.3 Å². The van der Waals surface area contributed by atoms with Gasteiger partial charge < -0.3 is 14.8 Å². The summed E-state index contributed by atoms with van der Waals surface area (Å²) < 4.78 is 9.34. The van der Waals surface area contributed by atoms with Gasteiger partial charge in [-0.15, -0.1) is 0 Å². The molecule has 2 aromatic rings. The summed E-state index contributed by atoms with van der Waals surface area (Å²) >= 11 is 0. The number of pyridine rings is 2. The summed E-state index contributed by atoms with van der Waals surface area (Å²) in [5.41, 5.74) is 2.31. The first-order valence-corrected chi connectivity index (χ1v) is 6.91. The van der Waals surface area contributed by atoms with Crippen LogP contribution in [0.15, 0.2) is 36.7 Å². The Morgan fingerprint density at radius 3 is 1.74 bits per heavy atom. The van der Waals surface area contributed by atoms with Crippen LogP contribution in [-0.4, -0.2) is 36.1 Å². The molecule has 0 aliphatic heterocycles. The molecule has 23 heavy (non-hydrogen) atoms. The standard InChI is InChI=1S/C16H17N3O4/c1-22-15(20)11-3-5-18-13(7-11)9-17-10-14-8-12(4-6-19-14)16(21)23-2/h3-8,17H,9-10H2,1-2H3. The van der Waals surface area contributed by atoms with E-state index in [1.807, 2.05) is 0 Å². The second kappa shape index (κ2) is 8.00. The highest BCUT2D eigenvalue weighted by atomic mass is 16.5. The van der Waals surface area contributed by atoms with Crippen molar-refractivity contribution >= 4 is 11.9 Å². The Bertz CT molecular complexity index is 644. The summed E-state index contributed by atoms with van der Waals surface area (Å²) in [4.78, 5) is 31.3. The highest BCUT2D eigenvalue weighted by Crippen LogP contribution is 2.05. The summed E-state index contributed by atoms with van der Waals surface area (Å²) in [5, 5.41) is 3.16. The van der Waals surface area contributed by atoms with Crippen LogP contribution in [0.5, 0.6) is 0 Å². The van der Waals surface area contributed by atoms with Crippen LogP contribution in [-0.2, 0) is 22.6 Å². The quantitative estimate of drug-likeness (QED) is 0.804. The van der Waals surface area contributed by atoms with E-state index in [1.165, 1.54) is 14.2 Å². The number of ether oxygens (including phenoxy) is 2. The number of hydrogen-bond donors (Lipinski definition) is 1. The molecule has 0 bridgehead atoms. The van der Waals surface area contributed by atoms with Crippen molar-refractivity contribution in [2.45, 2.75) is 13.1 Å². The van der Waals surface area contributed by atoms with Crippen molar-refractivity contribution in [2.75, 3.05) is 14.2 Å². The maximum Gasteiger partial charge on any atom is 0.337 e. The van der Waals surface area contributed by atoms with E-state index in [4.69, 9.17) is 0 Å². The molecule has 7 heteroatoms. The highest BCUT2D eigenvalue weighted by molar-refractivity contribution is 5.89. The van der Waals surface area contributed by atoms with Gasteiger partial charge in [0.25, 0.3) is 0 Å². The number of methoxy groups -OCH3 is 2. The molecule has 2 rings (SSSR count). The number of nitrogens with zero attached hydrogens (tertiary/aromatic N) is 2. The fourth-order valence-electron chi connectivity index (χ4n) is 1.96. The van der Waals surface area contributed by atoms with Gasteiger partial charge in [0.15, 0.2) is 0 Å². The smallest absolute Gasteiger partial charge is 0.337 e. The molecule has 7 nitrogen and oxygen atoms in total. The second-order valence-electron chi connectivity index (χ2n) is 4.66. The summed E-state index contributed by atoms with van der Waals surface area (Å²) in [6.45, 7) is 0.907. The molecular weight excluding hydrogens is 298 g/mol. The summed E-state index contributed by atoms with van der Waals surface area (Å²) in [5.74, 6) is -0.804. The van der Waals surface area contributed by atoms with E-state index in [9.17, 15) is 9.59 Å². The van der Waals surface area contributed by atoms with Gasteiger partial charge in [0.1, 0.15) is 0 Å². The van der Waals surface area contributed by atoms with Crippen molar-refractivity contribution in [3.05, 3.63) is 59.2 Å². The van der Waals surface area contributed by atoms with E-state index >= 15 is 0 Å². The number of carbonyl (C=O) groups excluding carboxylic acids is 2. The van der Waals surface area contributed by atoms with Gasteiger partial charge in [-0.25, -0.2) is 9.59 Å². The minimum Gasteiger partial charge on any atom is -0.465 e. The molecular formula is C16H17N3O4.